The van der Waals surface area contributed by atoms with Crippen molar-refractivity contribution in [2.75, 3.05) is 5.88 Å². The Labute approximate surface area is 114 Å². The number of aromatic nitrogens is 2. The third kappa shape index (κ3) is 2.68. The largest absolute Gasteiger partial charge is 0.237 e. The van der Waals surface area contributed by atoms with Crippen molar-refractivity contribution in [3.05, 3.63) is 30.0 Å². The topological polar surface area (TPSA) is 17.8 Å². The lowest BCUT2D eigenvalue weighted by atomic mass is 10.1. The van der Waals surface area contributed by atoms with Gasteiger partial charge in [-0.2, -0.15) is 5.10 Å². The Hall–Kier alpha value is -0.300. The lowest BCUT2D eigenvalue weighted by Crippen LogP contribution is -1.82. The number of rotatable bonds is 2. The highest BCUT2D eigenvalue weighted by atomic mass is 127. The predicted octanol–water partition coefficient (Wildman–Crippen LogP) is 3.81. The number of nitrogens with zero attached hydrogens (tertiary/aromatic N) is 2. The van der Waals surface area contributed by atoms with Crippen molar-refractivity contribution in [2.24, 2.45) is 0 Å². The molecule has 0 amide bonds. The monoisotopic (exact) mass is 362 g/mol. The molecule has 82 valence electrons. The van der Waals surface area contributed by atoms with Crippen molar-refractivity contribution in [3.63, 3.8) is 0 Å². The molecule has 0 aliphatic carbocycles. The van der Waals surface area contributed by atoms with Gasteiger partial charge in [0.05, 0.1) is 18.1 Å². The lowest BCUT2D eigenvalue weighted by molar-refractivity contribution is 1.04. The van der Waals surface area contributed by atoms with Crippen LogP contribution in [0.25, 0.3) is 10.9 Å². The van der Waals surface area contributed by atoms with Crippen molar-refractivity contribution >= 4 is 50.9 Å². The van der Waals surface area contributed by atoms with Crippen molar-refractivity contribution in [1.82, 2.24) is 9.55 Å². The van der Waals surface area contributed by atoms with E-state index >= 15 is 0 Å². The lowest BCUT2D eigenvalue weighted by Gasteiger charge is -1.96. The van der Waals surface area contributed by atoms with Gasteiger partial charge in [-0.05, 0) is 40.2 Å². The first-order valence-corrected chi connectivity index (χ1v) is 9.34. The van der Waals surface area contributed by atoms with Crippen molar-refractivity contribution < 1.29 is 0 Å². The molecule has 0 N–H and O–H groups in total. The van der Waals surface area contributed by atoms with Crippen LogP contribution in [0.2, 0.25) is 0 Å². The molecule has 16 heavy (non-hydrogen) atoms. The smallest absolute Gasteiger partial charge is 0.0730 e. The number of hydrogen-bond donors (Lipinski definition) is 0. The molecule has 5 heteroatoms. The summed E-state index contributed by atoms with van der Waals surface area (Å²) in [5.74, 6) is 6.71. The Morgan fingerprint density at radius 1 is 1.50 bits per heavy atom. The quantitative estimate of drug-likeness (QED) is 0.344. The molecule has 2 aromatic rings. The zero-order valence-corrected chi connectivity index (χ0v) is 12.3. The van der Waals surface area contributed by atoms with Crippen LogP contribution in [0.5, 0.6) is 0 Å². The molecule has 1 unspecified atom stereocenters. The molecule has 0 saturated heterocycles. The van der Waals surface area contributed by atoms with Crippen LogP contribution in [0.15, 0.2) is 24.4 Å². The second kappa shape index (κ2) is 5.86. The van der Waals surface area contributed by atoms with Gasteiger partial charge in [0.15, 0.2) is 0 Å². The summed E-state index contributed by atoms with van der Waals surface area (Å²) in [5.41, 5.74) is 2.18. The fourth-order valence-corrected chi connectivity index (χ4v) is 3.03. The van der Waals surface area contributed by atoms with Crippen molar-refractivity contribution in [2.45, 2.75) is 6.42 Å². The molecule has 1 aromatic carbocycles. The number of hydrogen-bond acceptors (Lipinski definition) is 1. The highest BCUT2D eigenvalue weighted by Gasteiger charge is 2.01. The summed E-state index contributed by atoms with van der Waals surface area (Å²) in [5, 5.41) is 5.44. The molecule has 2 rings (SSSR count). The van der Waals surface area contributed by atoms with E-state index in [0.717, 1.165) is 22.9 Å². The Kier molecular flexibility index (Phi) is 4.45. The third-order valence-corrected chi connectivity index (χ3v) is 4.18. The summed E-state index contributed by atoms with van der Waals surface area (Å²) >= 11 is 7.89. The first kappa shape index (κ1) is 12.2. The van der Waals surface area contributed by atoms with Crippen LogP contribution in [0.4, 0.5) is 0 Å². The SMILES string of the molecule is ClCCC#Cc1ccc2c(cnn2PI)c1. The molecule has 0 aliphatic rings. The fraction of sp³-hybridized carbons (Fsp3) is 0.182. The highest BCUT2D eigenvalue weighted by molar-refractivity contribution is 14.2. The summed E-state index contributed by atoms with van der Waals surface area (Å²) < 4.78 is 1.99. The average Bonchev–Trinajstić information content (AvgIpc) is 2.71. The van der Waals surface area contributed by atoms with Crippen LogP contribution >= 0.6 is 40.0 Å². The van der Waals surface area contributed by atoms with Gasteiger partial charge >= 0.3 is 0 Å². The molecule has 0 saturated carbocycles. The van der Waals surface area contributed by atoms with Gasteiger partial charge in [-0.15, -0.1) is 11.6 Å². The first-order valence-electron chi connectivity index (χ1n) is 4.74. The van der Waals surface area contributed by atoms with Gasteiger partial charge in [0.2, 0.25) is 0 Å². The van der Waals surface area contributed by atoms with E-state index in [1.54, 1.807) is 0 Å². The minimum Gasteiger partial charge on any atom is -0.237 e. The normalized spacial score (nSPS) is 10.9. The average molecular weight is 363 g/mol. The highest BCUT2D eigenvalue weighted by Crippen LogP contribution is 2.28. The van der Waals surface area contributed by atoms with Gasteiger partial charge in [0, 0.05) is 23.3 Å². The van der Waals surface area contributed by atoms with Crippen LogP contribution in [-0.4, -0.2) is 15.4 Å². The molecule has 0 aliphatic heterocycles. The number of benzene rings is 1. The molecular formula is C11H9ClIN2P. The fourth-order valence-electron chi connectivity index (χ4n) is 1.39. The van der Waals surface area contributed by atoms with E-state index in [9.17, 15) is 0 Å². The Bertz CT molecular complexity index is 556. The maximum atomic E-state index is 5.57. The van der Waals surface area contributed by atoms with Gasteiger partial charge in [-0.1, -0.05) is 11.8 Å². The van der Waals surface area contributed by atoms with E-state index in [1.165, 1.54) is 0 Å². The van der Waals surface area contributed by atoms with Crippen LogP contribution in [-0.2, 0) is 0 Å². The summed E-state index contributed by atoms with van der Waals surface area (Å²) in [4.78, 5) is 0. The Morgan fingerprint density at radius 2 is 2.38 bits per heavy atom. The molecule has 0 bridgehead atoms. The standard InChI is InChI=1S/C11H9ClIN2P/c12-6-2-1-3-9-4-5-11-10(7-9)8-14-15(11)16-13/h4-5,7-8,16H,2,6H2. The summed E-state index contributed by atoms with van der Waals surface area (Å²) in [6, 6.07) is 6.16. The number of fused-ring (bicyclic) bond motifs is 1. The van der Waals surface area contributed by atoms with E-state index in [4.69, 9.17) is 11.6 Å². The molecule has 0 fully saturated rings. The molecule has 1 heterocycles. The zero-order chi connectivity index (χ0) is 11.4. The maximum absolute atomic E-state index is 5.57. The van der Waals surface area contributed by atoms with E-state index in [1.807, 2.05) is 16.7 Å². The zero-order valence-electron chi connectivity index (χ0n) is 8.37. The second-order valence-electron chi connectivity index (χ2n) is 3.16. The van der Waals surface area contributed by atoms with E-state index < -0.39 is 0 Å². The number of alkyl halides is 1. The second-order valence-corrected chi connectivity index (χ2v) is 5.57. The van der Waals surface area contributed by atoms with Gasteiger partial charge in [0.1, 0.15) is 0 Å². The number of halogens is 2. The predicted molar refractivity (Wildman–Crippen MR) is 79.7 cm³/mol. The van der Waals surface area contributed by atoms with E-state index in [-0.39, 0.29) is 0 Å². The summed E-state index contributed by atoms with van der Waals surface area (Å²) in [6.45, 7) is 0. The molecular weight excluding hydrogens is 353 g/mol. The van der Waals surface area contributed by atoms with Gasteiger partial charge in [-0.3, -0.25) is 0 Å². The van der Waals surface area contributed by atoms with E-state index in [0.29, 0.717) is 12.3 Å². The summed E-state index contributed by atoms with van der Waals surface area (Å²) in [7, 11) is 0. The van der Waals surface area contributed by atoms with Gasteiger partial charge < -0.3 is 0 Å². The summed E-state index contributed by atoms with van der Waals surface area (Å²) in [6.07, 6.45) is 3.24. The van der Waals surface area contributed by atoms with Crippen molar-refractivity contribution in [3.8, 4) is 11.8 Å². The van der Waals surface area contributed by atoms with Gasteiger partial charge in [-0.25, -0.2) is 4.45 Å². The molecule has 2 nitrogen and oxygen atoms in total. The molecule has 1 aromatic heterocycles. The van der Waals surface area contributed by atoms with Crippen LogP contribution in [0.3, 0.4) is 0 Å². The first-order chi connectivity index (χ1) is 7.85. The minimum atomic E-state index is 0.586. The Balaban J connectivity index is 2.35. The van der Waals surface area contributed by atoms with Crippen LogP contribution < -0.4 is 0 Å². The van der Waals surface area contributed by atoms with Crippen molar-refractivity contribution in [1.29, 1.82) is 0 Å². The van der Waals surface area contributed by atoms with E-state index in [2.05, 4.69) is 51.1 Å². The van der Waals surface area contributed by atoms with Crippen LogP contribution in [0.1, 0.15) is 12.0 Å². The van der Waals surface area contributed by atoms with Crippen LogP contribution in [0, 0.1) is 11.8 Å². The minimum absolute atomic E-state index is 0.586. The molecule has 0 spiro atoms. The molecule has 1 atom stereocenters. The maximum Gasteiger partial charge on any atom is 0.0730 e. The third-order valence-electron chi connectivity index (χ3n) is 2.10. The molecule has 0 radical (unpaired) electrons. The Morgan fingerprint density at radius 3 is 3.12 bits per heavy atom. The van der Waals surface area contributed by atoms with Gasteiger partial charge in [0.25, 0.3) is 0 Å².